The lowest BCUT2D eigenvalue weighted by molar-refractivity contribution is 1.21. The molecule has 3 heteroatoms. The molecule has 0 aliphatic heterocycles. The van der Waals surface area contributed by atoms with Crippen LogP contribution < -0.4 is 5.32 Å². The zero-order chi connectivity index (χ0) is 8.81. The van der Waals surface area contributed by atoms with Crippen LogP contribution in [0.3, 0.4) is 0 Å². The standard InChI is InChI=1S/C9H13N3/c1-3-8(10-2)12-9-6-4-5-7-11-9/h4-7H,3H2,1-2H3,(H,10,11,12). The maximum atomic E-state index is 4.12. The van der Waals surface area contributed by atoms with E-state index in [-0.39, 0.29) is 0 Å². The van der Waals surface area contributed by atoms with Gasteiger partial charge in [0.15, 0.2) is 0 Å². The lowest BCUT2D eigenvalue weighted by Crippen LogP contribution is -2.11. The Morgan fingerprint density at radius 2 is 2.42 bits per heavy atom. The van der Waals surface area contributed by atoms with Crippen molar-refractivity contribution in [2.24, 2.45) is 4.99 Å². The molecule has 0 radical (unpaired) electrons. The highest BCUT2D eigenvalue weighted by Gasteiger charge is 1.94. The van der Waals surface area contributed by atoms with Gasteiger partial charge >= 0.3 is 0 Å². The number of amidine groups is 1. The number of nitrogens with one attached hydrogen (secondary N) is 1. The van der Waals surface area contributed by atoms with E-state index in [2.05, 4.69) is 22.2 Å². The zero-order valence-electron chi connectivity index (χ0n) is 7.41. The Balaban J connectivity index is 2.64. The third-order valence-electron chi connectivity index (χ3n) is 1.54. The summed E-state index contributed by atoms with van der Waals surface area (Å²) in [7, 11) is 1.77. The normalized spacial score (nSPS) is 11.3. The van der Waals surface area contributed by atoms with Gasteiger partial charge in [-0.1, -0.05) is 13.0 Å². The molecule has 0 unspecified atom stereocenters. The second kappa shape index (κ2) is 4.49. The quantitative estimate of drug-likeness (QED) is 0.534. The van der Waals surface area contributed by atoms with Crippen LogP contribution in [0.25, 0.3) is 0 Å². The highest BCUT2D eigenvalue weighted by atomic mass is 15.0. The topological polar surface area (TPSA) is 37.3 Å². The molecule has 0 fully saturated rings. The summed E-state index contributed by atoms with van der Waals surface area (Å²) < 4.78 is 0. The van der Waals surface area contributed by atoms with Crippen molar-refractivity contribution in [3.8, 4) is 0 Å². The van der Waals surface area contributed by atoms with E-state index in [4.69, 9.17) is 0 Å². The largest absolute Gasteiger partial charge is 0.329 e. The van der Waals surface area contributed by atoms with E-state index in [0.29, 0.717) is 0 Å². The first-order valence-corrected chi connectivity index (χ1v) is 4.00. The summed E-state index contributed by atoms with van der Waals surface area (Å²) in [5.41, 5.74) is 0. The fourth-order valence-corrected chi connectivity index (χ4v) is 0.887. The van der Waals surface area contributed by atoms with Crippen LogP contribution in [0.2, 0.25) is 0 Å². The third-order valence-corrected chi connectivity index (χ3v) is 1.54. The van der Waals surface area contributed by atoms with Gasteiger partial charge in [-0.15, -0.1) is 0 Å². The molecule has 0 spiro atoms. The minimum Gasteiger partial charge on any atom is -0.329 e. The molecule has 0 aliphatic rings. The predicted octanol–water partition coefficient (Wildman–Crippen LogP) is 1.93. The van der Waals surface area contributed by atoms with Gasteiger partial charge in [0.2, 0.25) is 0 Å². The van der Waals surface area contributed by atoms with Gasteiger partial charge in [0.25, 0.3) is 0 Å². The van der Waals surface area contributed by atoms with Gasteiger partial charge < -0.3 is 5.32 Å². The van der Waals surface area contributed by atoms with E-state index in [1.54, 1.807) is 13.2 Å². The summed E-state index contributed by atoms with van der Waals surface area (Å²) in [4.78, 5) is 8.19. The Bertz CT molecular complexity index is 254. The number of nitrogens with zero attached hydrogens (tertiary/aromatic N) is 2. The van der Waals surface area contributed by atoms with Gasteiger partial charge in [-0.2, -0.15) is 0 Å². The highest BCUT2D eigenvalue weighted by molar-refractivity contribution is 5.94. The van der Waals surface area contributed by atoms with Gasteiger partial charge in [-0.3, -0.25) is 4.99 Å². The van der Waals surface area contributed by atoms with E-state index in [1.807, 2.05) is 18.2 Å². The maximum absolute atomic E-state index is 4.12. The van der Waals surface area contributed by atoms with Crippen LogP contribution in [0, 0.1) is 0 Å². The summed E-state index contributed by atoms with van der Waals surface area (Å²) in [5.74, 6) is 1.80. The Morgan fingerprint density at radius 3 is 2.92 bits per heavy atom. The van der Waals surface area contributed by atoms with Crippen molar-refractivity contribution in [1.29, 1.82) is 0 Å². The number of pyridine rings is 1. The first-order chi connectivity index (χ1) is 5.86. The third kappa shape index (κ3) is 2.34. The molecule has 0 atom stereocenters. The van der Waals surface area contributed by atoms with Crippen molar-refractivity contribution in [2.45, 2.75) is 13.3 Å². The smallest absolute Gasteiger partial charge is 0.131 e. The molecule has 1 heterocycles. The molecule has 0 bridgehead atoms. The van der Waals surface area contributed by atoms with Gasteiger partial charge in [-0.25, -0.2) is 4.98 Å². The Kier molecular flexibility index (Phi) is 3.26. The van der Waals surface area contributed by atoms with E-state index in [9.17, 15) is 0 Å². The molecule has 0 saturated carbocycles. The lowest BCUT2D eigenvalue weighted by atomic mass is 10.4. The van der Waals surface area contributed by atoms with Crippen molar-refractivity contribution in [2.75, 3.05) is 12.4 Å². The van der Waals surface area contributed by atoms with Crippen molar-refractivity contribution in [1.82, 2.24) is 4.98 Å². The van der Waals surface area contributed by atoms with Crippen LogP contribution in [0.15, 0.2) is 29.4 Å². The second-order valence-electron chi connectivity index (χ2n) is 2.36. The molecule has 1 rings (SSSR count). The summed E-state index contributed by atoms with van der Waals surface area (Å²) in [5, 5.41) is 3.12. The van der Waals surface area contributed by atoms with Crippen molar-refractivity contribution in [3.63, 3.8) is 0 Å². The van der Waals surface area contributed by atoms with E-state index in [1.165, 1.54) is 0 Å². The van der Waals surface area contributed by atoms with Crippen LogP contribution in [0.4, 0.5) is 5.82 Å². The minimum atomic E-state index is 0.847. The van der Waals surface area contributed by atoms with Crippen LogP contribution in [0.5, 0.6) is 0 Å². The number of rotatable bonds is 2. The maximum Gasteiger partial charge on any atom is 0.131 e. The fraction of sp³-hybridized carbons (Fsp3) is 0.333. The van der Waals surface area contributed by atoms with Gasteiger partial charge in [0, 0.05) is 19.7 Å². The number of hydrogen-bond donors (Lipinski definition) is 1. The molecule has 64 valence electrons. The fourth-order valence-electron chi connectivity index (χ4n) is 0.887. The lowest BCUT2D eigenvalue weighted by Gasteiger charge is -2.04. The monoisotopic (exact) mass is 163 g/mol. The average molecular weight is 163 g/mol. The van der Waals surface area contributed by atoms with Gasteiger partial charge in [0.05, 0.1) is 0 Å². The predicted molar refractivity (Wildman–Crippen MR) is 51.5 cm³/mol. The first-order valence-electron chi connectivity index (χ1n) is 4.00. The van der Waals surface area contributed by atoms with Crippen LogP contribution in [-0.4, -0.2) is 17.9 Å². The van der Waals surface area contributed by atoms with Crippen molar-refractivity contribution in [3.05, 3.63) is 24.4 Å². The van der Waals surface area contributed by atoms with E-state index >= 15 is 0 Å². The zero-order valence-corrected chi connectivity index (χ0v) is 7.41. The number of anilines is 1. The van der Waals surface area contributed by atoms with E-state index < -0.39 is 0 Å². The summed E-state index contributed by atoms with van der Waals surface area (Å²) in [6.45, 7) is 2.05. The summed E-state index contributed by atoms with van der Waals surface area (Å²) >= 11 is 0. The average Bonchev–Trinajstić information content (AvgIpc) is 2.16. The molecular formula is C9H13N3. The Morgan fingerprint density at radius 1 is 1.58 bits per heavy atom. The number of hydrogen-bond acceptors (Lipinski definition) is 2. The first kappa shape index (κ1) is 8.71. The molecule has 1 aromatic heterocycles. The summed E-state index contributed by atoms with van der Waals surface area (Å²) in [6, 6.07) is 5.75. The Labute approximate surface area is 72.6 Å². The Hall–Kier alpha value is -1.38. The highest BCUT2D eigenvalue weighted by Crippen LogP contribution is 2.00. The summed E-state index contributed by atoms with van der Waals surface area (Å²) in [6.07, 6.45) is 2.65. The van der Waals surface area contributed by atoms with Crippen LogP contribution in [0.1, 0.15) is 13.3 Å². The number of aromatic nitrogens is 1. The molecule has 1 N–H and O–H groups in total. The molecule has 0 saturated heterocycles. The van der Waals surface area contributed by atoms with Crippen molar-refractivity contribution >= 4 is 11.7 Å². The molecule has 0 aliphatic carbocycles. The molecule has 0 aromatic carbocycles. The van der Waals surface area contributed by atoms with Gasteiger partial charge in [-0.05, 0) is 12.1 Å². The molecule has 12 heavy (non-hydrogen) atoms. The van der Waals surface area contributed by atoms with E-state index in [0.717, 1.165) is 18.1 Å². The SMILES string of the molecule is CCC(=NC)Nc1ccccn1. The molecule has 0 amide bonds. The number of aliphatic imine (C=N–C) groups is 1. The van der Waals surface area contributed by atoms with Crippen LogP contribution in [-0.2, 0) is 0 Å². The second-order valence-corrected chi connectivity index (χ2v) is 2.36. The molecule has 3 nitrogen and oxygen atoms in total. The van der Waals surface area contributed by atoms with Gasteiger partial charge in [0.1, 0.15) is 11.7 Å². The van der Waals surface area contributed by atoms with Crippen molar-refractivity contribution < 1.29 is 0 Å². The van der Waals surface area contributed by atoms with Crippen LogP contribution >= 0.6 is 0 Å². The molecule has 1 aromatic rings. The minimum absolute atomic E-state index is 0.847. The molecular weight excluding hydrogens is 150 g/mol.